The zero-order valence-electron chi connectivity index (χ0n) is 19.1. The van der Waals surface area contributed by atoms with Crippen LogP contribution in [0.25, 0.3) is 0 Å². The summed E-state index contributed by atoms with van der Waals surface area (Å²) in [4.78, 5) is 43.6. The Morgan fingerprint density at radius 3 is 2.32 bits per heavy atom. The van der Waals surface area contributed by atoms with Gasteiger partial charge < -0.3 is 25.4 Å². The Kier molecular flexibility index (Phi) is 10.2. The molecule has 0 saturated carbocycles. The SMILES string of the molecule is CNc1nc(C2(c3ccccc3)CCN(C(=O)Cc3nc[nH]c3C)CC2)cs1.O=CO.O=CO. The van der Waals surface area contributed by atoms with E-state index in [1.54, 1.807) is 17.7 Å². The van der Waals surface area contributed by atoms with Crippen molar-refractivity contribution in [1.82, 2.24) is 19.9 Å². The van der Waals surface area contributed by atoms with Gasteiger partial charge in [-0.05, 0) is 25.3 Å². The van der Waals surface area contributed by atoms with E-state index in [1.807, 2.05) is 24.9 Å². The number of rotatable bonds is 5. The molecular weight excluding hydrogens is 458 g/mol. The first-order valence-corrected chi connectivity index (χ1v) is 11.4. The van der Waals surface area contributed by atoms with E-state index in [9.17, 15) is 4.79 Å². The van der Waals surface area contributed by atoms with Crippen LogP contribution in [0.1, 0.15) is 35.5 Å². The summed E-state index contributed by atoms with van der Waals surface area (Å²) in [6.45, 7) is 2.90. The largest absolute Gasteiger partial charge is 0.483 e. The van der Waals surface area contributed by atoms with Crippen LogP contribution in [0.4, 0.5) is 5.13 Å². The van der Waals surface area contributed by atoms with Crippen LogP contribution in [-0.2, 0) is 26.2 Å². The number of benzene rings is 1. The molecule has 1 aliphatic rings. The van der Waals surface area contributed by atoms with Gasteiger partial charge >= 0.3 is 0 Å². The molecular formula is C23H29N5O5S. The maximum absolute atomic E-state index is 12.8. The minimum Gasteiger partial charge on any atom is -0.483 e. The summed E-state index contributed by atoms with van der Waals surface area (Å²) in [5.74, 6) is 0.144. The van der Waals surface area contributed by atoms with Crippen molar-refractivity contribution in [1.29, 1.82) is 0 Å². The molecule has 0 radical (unpaired) electrons. The number of likely N-dealkylation sites (tertiary alicyclic amines) is 1. The summed E-state index contributed by atoms with van der Waals surface area (Å²) in [6, 6.07) is 10.6. The van der Waals surface area contributed by atoms with Crippen molar-refractivity contribution in [2.45, 2.75) is 31.6 Å². The molecule has 1 aliphatic heterocycles. The average molecular weight is 488 g/mol. The van der Waals surface area contributed by atoms with E-state index in [-0.39, 0.29) is 24.3 Å². The third-order valence-electron chi connectivity index (χ3n) is 5.76. The quantitative estimate of drug-likeness (QED) is 0.402. The molecule has 0 aliphatic carbocycles. The summed E-state index contributed by atoms with van der Waals surface area (Å²) in [5.41, 5.74) is 4.03. The molecule has 4 rings (SSSR count). The molecule has 1 fully saturated rings. The number of hydrogen-bond acceptors (Lipinski definition) is 7. The van der Waals surface area contributed by atoms with Crippen LogP contribution in [0.15, 0.2) is 42.0 Å². The number of carbonyl (C=O) groups is 3. The number of aromatic amines is 1. The third kappa shape index (κ3) is 6.41. The molecule has 3 heterocycles. The van der Waals surface area contributed by atoms with Crippen molar-refractivity contribution in [3.05, 3.63) is 64.7 Å². The van der Waals surface area contributed by atoms with Crippen LogP contribution in [0.3, 0.4) is 0 Å². The first-order chi connectivity index (χ1) is 16.4. The first-order valence-electron chi connectivity index (χ1n) is 10.6. The molecule has 2 aromatic heterocycles. The van der Waals surface area contributed by atoms with Gasteiger partial charge in [-0.25, -0.2) is 9.97 Å². The Bertz CT molecular complexity index is 1040. The Morgan fingerprint density at radius 2 is 1.82 bits per heavy atom. The number of nitrogens with zero attached hydrogens (tertiary/aromatic N) is 3. The van der Waals surface area contributed by atoms with Gasteiger partial charge in [0.15, 0.2) is 5.13 Å². The molecule has 1 aromatic carbocycles. The number of anilines is 1. The fraction of sp³-hybridized carbons (Fsp3) is 0.348. The van der Waals surface area contributed by atoms with Crippen LogP contribution in [0.2, 0.25) is 0 Å². The second kappa shape index (κ2) is 13.1. The Hall–Kier alpha value is -3.73. The summed E-state index contributed by atoms with van der Waals surface area (Å²) >= 11 is 1.63. The highest BCUT2D eigenvalue weighted by Crippen LogP contribution is 2.42. The third-order valence-corrected chi connectivity index (χ3v) is 6.62. The lowest BCUT2D eigenvalue weighted by molar-refractivity contribution is -0.132. The molecule has 3 aromatic rings. The minimum atomic E-state index is -0.250. The van der Waals surface area contributed by atoms with Gasteiger partial charge in [0.05, 0.1) is 24.1 Å². The zero-order chi connectivity index (χ0) is 25.0. The maximum atomic E-state index is 12.8. The molecule has 0 spiro atoms. The molecule has 0 unspecified atom stereocenters. The summed E-state index contributed by atoms with van der Waals surface area (Å²) < 4.78 is 0. The van der Waals surface area contributed by atoms with Crippen molar-refractivity contribution in [3.8, 4) is 0 Å². The lowest BCUT2D eigenvalue weighted by Gasteiger charge is -2.41. The monoisotopic (exact) mass is 487 g/mol. The van der Waals surface area contributed by atoms with Gasteiger partial charge in [-0.1, -0.05) is 30.3 Å². The topological polar surface area (TPSA) is 149 Å². The Labute approximate surface area is 201 Å². The van der Waals surface area contributed by atoms with E-state index in [0.29, 0.717) is 6.42 Å². The van der Waals surface area contributed by atoms with Crippen molar-refractivity contribution in [3.63, 3.8) is 0 Å². The number of nitrogens with one attached hydrogen (secondary N) is 2. The minimum absolute atomic E-state index is 0.144. The maximum Gasteiger partial charge on any atom is 0.290 e. The van der Waals surface area contributed by atoms with E-state index >= 15 is 0 Å². The normalized spacial score (nSPS) is 14.0. The number of amides is 1. The van der Waals surface area contributed by atoms with Crippen molar-refractivity contribution < 1.29 is 24.6 Å². The fourth-order valence-electron chi connectivity index (χ4n) is 4.02. The zero-order valence-corrected chi connectivity index (χ0v) is 19.9. The lowest BCUT2D eigenvalue weighted by Crippen LogP contribution is -2.46. The summed E-state index contributed by atoms with van der Waals surface area (Å²) in [6.07, 6.45) is 3.74. The average Bonchev–Trinajstić information content (AvgIpc) is 3.50. The van der Waals surface area contributed by atoms with Gasteiger partial charge in [0, 0.05) is 36.6 Å². The highest BCUT2D eigenvalue weighted by atomic mass is 32.1. The lowest BCUT2D eigenvalue weighted by atomic mass is 9.70. The summed E-state index contributed by atoms with van der Waals surface area (Å²) in [7, 11) is 1.90. The number of piperidine rings is 1. The van der Waals surface area contributed by atoms with Crippen LogP contribution < -0.4 is 5.32 Å². The Morgan fingerprint density at radius 1 is 1.21 bits per heavy atom. The van der Waals surface area contributed by atoms with E-state index in [2.05, 4.69) is 44.9 Å². The number of imidazole rings is 1. The molecule has 0 bridgehead atoms. The highest BCUT2D eigenvalue weighted by Gasteiger charge is 2.40. The van der Waals surface area contributed by atoms with E-state index in [4.69, 9.17) is 24.8 Å². The number of carboxylic acid groups (broad SMARTS) is 2. The predicted molar refractivity (Wildman–Crippen MR) is 129 cm³/mol. The van der Waals surface area contributed by atoms with E-state index < -0.39 is 0 Å². The number of H-pyrrole nitrogens is 1. The van der Waals surface area contributed by atoms with Crippen molar-refractivity contribution in [2.75, 3.05) is 25.5 Å². The van der Waals surface area contributed by atoms with Crippen molar-refractivity contribution >= 4 is 35.3 Å². The number of hydrogen-bond donors (Lipinski definition) is 4. The van der Waals surface area contributed by atoms with Crippen LogP contribution in [-0.4, -0.2) is 69.1 Å². The fourth-order valence-corrected chi connectivity index (χ4v) is 4.79. The smallest absolute Gasteiger partial charge is 0.290 e. The molecule has 34 heavy (non-hydrogen) atoms. The number of aromatic nitrogens is 3. The van der Waals surface area contributed by atoms with Crippen LogP contribution in [0, 0.1) is 6.92 Å². The molecule has 0 atom stereocenters. The molecule has 10 nitrogen and oxygen atoms in total. The molecule has 1 saturated heterocycles. The Balaban J connectivity index is 0.000000618. The summed E-state index contributed by atoms with van der Waals surface area (Å²) in [5, 5.41) is 20.0. The first kappa shape index (κ1) is 26.5. The second-order valence-corrected chi connectivity index (χ2v) is 8.34. The molecule has 4 N–H and O–H groups in total. The number of thiazole rings is 1. The van der Waals surface area contributed by atoms with E-state index in [1.165, 1.54) is 5.56 Å². The molecule has 1 amide bonds. The van der Waals surface area contributed by atoms with E-state index in [0.717, 1.165) is 48.1 Å². The standard InChI is InChI=1S/C21H25N5OS.2CH2O2/c1-15-17(24-14-23-15)12-19(27)26-10-8-21(9-11-26,16-6-4-3-5-7-16)18-13-28-20(22-2)25-18;2*2-1-3/h3-7,13-14H,8-12H2,1-2H3,(H,22,25)(H,23,24);2*1H,(H,2,3). The van der Waals surface area contributed by atoms with Gasteiger partial charge in [-0.3, -0.25) is 14.4 Å². The number of aryl methyl sites for hydroxylation is 1. The van der Waals surface area contributed by atoms with Gasteiger partial charge in [0.25, 0.3) is 12.9 Å². The second-order valence-electron chi connectivity index (χ2n) is 7.48. The molecule has 11 heteroatoms. The van der Waals surface area contributed by atoms with Crippen LogP contribution >= 0.6 is 11.3 Å². The van der Waals surface area contributed by atoms with Gasteiger partial charge in [-0.15, -0.1) is 11.3 Å². The van der Waals surface area contributed by atoms with Gasteiger partial charge in [-0.2, -0.15) is 0 Å². The van der Waals surface area contributed by atoms with Crippen LogP contribution in [0.5, 0.6) is 0 Å². The highest BCUT2D eigenvalue weighted by molar-refractivity contribution is 7.13. The molecule has 182 valence electrons. The van der Waals surface area contributed by atoms with Gasteiger partial charge in [0.2, 0.25) is 5.91 Å². The number of carbonyl (C=O) groups excluding carboxylic acids is 1. The predicted octanol–water partition coefficient (Wildman–Crippen LogP) is 2.77. The van der Waals surface area contributed by atoms with Crippen molar-refractivity contribution in [2.24, 2.45) is 0 Å². The van der Waals surface area contributed by atoms with Gasteiger partial charge in [0.1, 0.15) is 0 Å².